The van der Waals surface area contributed by atoms with Crippen LogP contribution in [0.2, 0.25) is 0 Å². The van der Waals surface area contributed by atoms with Crippen LogP contribution in [0.1, 0.15) is 13.8 Å². The Kier molecular flexibility index (Phi) is 3.02. The lowest BCUT2D eigenvalue weighted by atomic mass is 10.7. The number of rotatable bonds is 1. The molecule has 2 N–H and O–H groups in total. The van der Waals surface area contributed by atoms with Crippen molar-refractivity contribution in [1.29, 1.82) is 0 Å². The average Bonchev–Trinajstić information content (AvgIpc) is 1.61. The molecule has 0 rings (SSSR count). The minimum atomic E-state index is 0.220. The third kappa shape index (κ3) is 5.21. The molecule has 0 saturated carbocycles. The normalized spacial score (nSPS) is 13.1. The predicted molar refractivity (Wildman–Crippen MR) is 29.1 cm³/mol. The zero-order valence-electron chi connectivity index (χ0n) is 4.60. The van der Waals surface area contributed by atoms with E-state index in [0.717, 1.165) is 0 Å². The van der Waals surface area contributed by atoms with Crippen LogP contribution in [0.15, 0.2) is 12.3 Å². The summed E-state index contributed by atoms with van der Waals surface area (Å²) in [6.45, 7) is 3.45. The first-order valence-electron chi connectivity index (χ1n) is 2.17. The van der Waals surface area contributed by atoms with Crippen LogP contribution in [-0.4, -0.2) is 11.0 Å². The molecule has 40 valence electrons. The number of nitrogens with one attached hydrogen (secondary N) is 1. The van der Waals surface area contributed by atoms with Crippen molar-refractivity contribution in [3.05, 3.63) is 12.3 Å². The quantitative estimate of drug-likeness (QED) is 0.340. The molecule has 0 aromatic heterocycles. The third-order valence-corrected chi connectivity index (χ3v) is 0.459. The molecule has 0 aliphatic carbocycles. The smallest absolute Gasteiger partial charge is 0.334 e. The highest BCUT2D eigenvalue weighted by molar-refractivity contribution is 5.63. The Balaban J connectivity index is 3.46. The van der Waals surface area contributed by atoms with E-state index in [0.29, 0.717) is 0 Å². The highest BCUT2D eigenvalue weighted by atomic mass is 16.3. The summed E-state index contributed by atoms with van der Waals surface area (Å²) in [5, 5.41) is 8.44. The Morgan fingerprint density at radius 1 is 1.71 bits per heavy atom. The van der Waals surface area contributed by atoms with Gasteiger partial charge < -0.3 is 5.11 Å². The minimum Gasteiger partial charge on any atom is -0.463 e. The van der Waals surface area contributed by atoms with Gasteiger partial charge in [-0.2, -0.15) is 4.99 Å². The monoisotopic (exact) mass is 100 g/mol. The summed E-state index contributed by atoms with van der Waals surface area (Å²) in [5.74, 6) is 0.220. The molecular formula is C5H10NO+. The van der Waals surface area contributed by atoms with Crippen molar-refractivity contribution < 1.29 is 10.1 Å². The van der Waals surface area contributed by atoms with Crippen LogP contribution in [0, 0.1) is 0 Å². The zero-order valence-corrected chi connectivity index (χ0v) is 4.60. The Morgan fingerprint density at radius 2 is 2.29 bits per heavy atom. The molecule has 0 atom stereocenters. The van der Waals surface area contributed by atoms with Crippen LogP contribution in [0.4, 0.5) is 0 Å². The average molecular weight is 100 g/mol. The first kappa shape index (κ1) is 6.21. The molecule has 0 aromatic rings. The van der Waals surface area contributed by atoms with Gasteiger partial charge in [0.05, 0.1) is 6.92 Å². The third-order valence-electron chi connectivity index (χ3n) is 0.459. The standard InChI is InChI=1S/C5H9NO/c1-3-4-6-5(2)7/h3-4H,1-2H3,(H,6,7)/p+1/b4-3-. The number of hydrogen-bond acceptors (Lipinski definition) is 0. The number of allylic oxidation sites excluding steroid dienone is 1. The van der Waals surface area contributed by atoms with Gasteiger partial charge in [0.1, 0.15) is 0 Å². The first-order chi connectivity index (χ1) is 3.27. The fraction of sp³-hybridized carbons (Fsp3) is 0.400. The molecule has 2 heteroatoms. The Morgan fingerprint density at radius 3 is 2.43 bits per heavy atom. The van der Waals surface area contributed by atoms with Gasteiger partial charge in [-0.05, 0) is 13.0 Å². The van der Waals surface area contributed by atoms with Crippen LogP contribution >= 0.6 is 0 Å². The lowest BCUT2D eigenvalue weighted by Crippen LogP contribution is -2.65. The van der Waals surface area contributed by atoms with Gasteiger partial charge >= 0.3 is 5.90 Å². The van der Waals surface area contributed by atoms with Gasteiger partial charge in [0.25, 0.3) is 0 Å². The van der Waals surface area contributed by atoms with E-state index in [9.17, 15) is 0 Å². The molecule has 0 heterocycles. The van der Waals surface area contributed by atoms with Crippen molar-refractivity contribution in [3.63, 3.8) is 0 Å². The van der Waals surface area contributed by atoms with E-state index >= 15 is 0 Å². The fourth-order valence-corrected chi connectivity index (χ4v) is 0.204. The summed E-state index contributed by atoms with van der Waals surface area (Å²) >= 11 is 0. The molecule has 0 radical (unpaired) electrons. The second-order valence-electron chi connectivity index (χ2n) is 1.23. The molecule has 0 fully saturated rings. The van der Waals surface area contributed by atoms with E-state index < -0.39 is 0 Å². The molecule has 0 aromatic carbocycles. The fourth-order valence-electron chi connectivity index (χ4n) is 0.204. The lowest BCUT2D eigenvalue weighted by Gasteiger charge is -1.69. The minimum absolute atomic E-state index is 0.220. The van der Waals surface area contributed by atoms with Gasteiger partial charge in [-0.15, -0.1) is 0 Å². The molecule has 0 amide bonds. The number of aliphatic hydroxyl groups is 1. The summed E-state index contributed by atoms with van der Waals surface area (Å²) < 4.78 is 0. The summed E-state index contributed by atoms with van der Waals surface area (Å²) in [7, 11) is 0. The van der Waals surface area contributed by atoms with E-state index in [-0.39, 0.29) is 5.90 Å². The summed E-state index contributed by atoms with van der Waals surface area (Å²) in [6.07, 6.45) is 3.47. The van der Waals surface area contributed by atoms with Crippen LogP contribution in [0.5, 0.6) is 0 Å². The number of hydrogen-bond donors (Lipinski definition) is 2. The molecule has 0 saturated heterocycles. The maximum absolute atomic E-state index is 8.44. The van der Waals surface area contributed by atoms with Crippen LogP contribution < -0.4 is 4.99 Å². The van der Waals surface area contributed by atoms with E-state index in [2.05, 4.69) is 4.99 Å². The summed E-state index contributed by atoms with van der Waals surface area (Å²) in [6, 6.07) is 0. The van der Waals surface area contributed by atoms with Gasteiger partial charge in [0, 0.05) is 0 Å². The Bertz CT molecular complexity index is 90.3. The van der Waals surface area contributed by atoms with Crippen molar-refractivity contribution in [2.24, 2.45) is 0 Å². The van der Waals surface area contributed by atoms with Crippen LogP contribution in [0.25, 0.3) is 0 Å². The molecule has 0 spiro atoms. The summed E-state index contributed by atoms with van der Waals surface area (Å²) in [4.78, 5) is 2.59. The molecule has 0 aliphatic rings. The maximum atomic E-state index is 8.44. The molecule has 0 aliphatic heterocycles. The zero-order chi connectivity index (χ0) is 5.70. The van der Waals surface area contributed by atoms with E-state index in [1.54, 1.807) is 19.2 Å². The highest BCUT2D eigenvalue weighted by Gasteiger charge is 1.79. The maximum Gasteiger partial charge on any atom is 0.334 e. The van der Waals surface area contributed by atoms with E-state index in [1.165, 1.54) is 0 Å². The second-order valence-corrected chi connectivity index (χ2v) is 1.23. The van der Waals surface area contributed by atoms with Gasteiger partial charge in [-0.25, -0.2) is 0 Å². The Hall–Kier alpha value is -0.790. The predicted octanol–water partition coefficient (Wildman–Crippen LogP) is -0.423. The SMILES string of the molecule is C/C=C\[NH+]=C(C)O. The number of aliphatic hydroxyl groups excluding tert-OH is 1. The molecule has 0 unspecified atom stereocenters. The van der Waals surface area contributed by atoms with Crippen molar-refractivity contribution in [2.75, 3.05) is 0 Å². The van der Waals surface area contributed by atoms with Gasteiger partial charge in [-0.1, -0.05) is 0 Å². The molecule has 7 heavy (non-hydrogen) atoms. The largest absolute Gasteiger partial charge is 0.463 e. The van der Waals surface area contributed by atoms with E-state index in [4.69, 9.17) is 5.11 Å². The van der Waals surface area contributed by atoms with Crippen LogP contribution in [-0.2, 0) is 0 Å². The van der Waals surface area contributed by atoms with Crippen LogP contribution in [0.3, 0.4) is 0 Å². The van der Waals surface area contributed by atoms with Crippen molar-refractivity contribution in [1.82, 2.24) is 0 Å². The van der Waals surface area contributed by atoms with Crippen molar-refractivity contribution >= 4 is 5.90 Å². The summed E-state index contributed by atoms with van der Waals surface area (Å²) in [5.41, 5.74) is 0. The molecule has 2 nitrogen and oxygen atoms in total. The van der Waals surface area contributed by atoms with Gasteiger partial charge in [-0.3, -0.25) is 0 Å². The van der Waals surface area contributed by atoms with Crippen molar-refractivity contribution in [3.8, 4) is 0 Å². The van der Waals surface area contributed by atoms with Gasteiger partial charge in [0.15, 0.2) is 6.20 Å². The second kappa shape index (κ2) is 3.40. The first-order valence-corrected chi connectivity index (χ1v) is 2.17. The Labute approximate surface area is 43.2 Å². The lowest BCUT2D eigenvalue weighted by molar-refractivity contribution is -0.384. The van der Waals surface area contributed by atoms with E-state index in [1.807, 2.05) is 6.92 Å². The molecule has 0 bridgehead atoms. The van der Waals surface area contributed by atoms with Gasteiger partial charge in [0.2, 0.25) is 0 Å². The highest BCUT2D eigenvalue weighted by Crippen LogP contribution is 1.48. The molecular weight excluding hydrogens is 90.1 g/mol. The van der Waals surface area contributed by atoms with Crippen molar-refractivity contribution in [2.45, 2.75) is 13.8 Å². The topological polar surface area (TPSA) is 34.2 Å².